The summed E-state index contributed by atoms with van der Waals surface area (Å²) in [6, 6.07) is 16.3. The molecule has 3 N–H and O–H groups in total. The van der Waals surface area contributed by atoms with Crippen LogP contribution in [0.2, 0.25) is 0 Å². The fourth-order valence-electron chi connectivity index (χ4n) is 3.76. The van der Waals surface area contributed by atoms with Crippen LogP contribution in [-0.2, 0) is 14.3 Å². The lowest BCUT2D eigenvalue weighted by Crippen LogP contribution is -2.32. The molecule has 174 valence electrons. The molecule has 0 aromatic heterocycles. The van der Waals surface area contributed by atoms with Crippen molar-refractivity contribution in [3.8, 4) is 11.1 Å². The number of aliphatic carboxylic acids is 1. The van der Waals surface area contributed by atoms with E-state index in [1.807, 2.05) is 24.3 Å². The molecule has 0 bridgehead atoms. The third-order valence-corrected chi connectivity index (χ3v) is 5.97. The van der Waals surface area contributed by atoms with Crippen LogP contribution in [0.25, 0.3) is 11.1 Å². The summed E-state index contributed by atoms with van der Waals surface area (Å²) < 4.78 is 5.47. The molecule has 0 atom stereocenters. The van der Waals surface area contributed by atoms with Gasteiger partial charge in [0.2, 0.25) is 5.91 Å². The maximum atomic E-state index is 12.2. The summed E-state index contributed by atoms with van der Waals surface area (Å²) in [6.07, 6.45) is 1.36. The van der Waals surface area contributed by atoms with Crippen LogP contribution in [0.15, 0.2) is 60.2 Å². The van der Waals surface area contributed by atoms with Crippen molar-refractivity contribution >= 4 is 18.0 Å². The number of carbonyl (C=O) groups is 3. The Morgan fingerprint density at radius 1 is 1.00 bits per heavy atom. The van der Waals surface area contributed by atoms with Crippen molar-refractivity contribution in [3.63, 3.8) is 0 Å². The van der Waals surface area contributed by atoms with Crippen molar-refractivity contribution in [3.05, 3.63) is 71.3 Å². The van der Waals surface area contributed by atoms with E-state index in [4.69, 9.17) is 9.84 Å². The number of rotatable bonds is 9. The lowest BCUT2D eigenvalue weighted by Gasteiger charge is -2.18. The number of benzene rings is 2. The molecule has 0 fully saturated rings. The SMILES string of the molecule is C/C(=C\CNC(=O)OCC1c2ccccc2-c2ccccc21)C(=O)NCCC(C)(C)C(=O)O. The standard InChI is InChI=1S/C26H30N2O5/c1-17(23(29)27-15-13-26(2,3)24(30)31)12-14-28-25(32)33-16-22-20-10-6-4-8-18(20)19-9-5-7-11-21(19)22/h4-12,22H,13-16H2,1-3H3,(H,27,29)(H,28,32)(H,30,31)/b17-12+. The molecule has 2 aromatic rings. The van der Waals surface area contributed by atoms with Crippen molar-refractivity contribution in [2.75, 3.05) is 19.7 Å². The second kappa shape index (κ2) is 10.3. The third-order valence-electron chi connectivity index (χ3n) is 5.97. The first-order chi connectivity index (χ1) is 15.7. The van der Waals surface area contributed by atoms with Crippen LogP contribution in [0.5, 0.6) is 0 Å². The van der Waals surface area contributed by atoms with Gasteiger partial charge in [0.25, 0.3) is 0 Å². The van der Waals surface area contributed by atoms with E-state index in [-0.39, 0.29) is 31.5 Å². The predicted molar refractivity (Wildman–Crippen MR) is 126 cm³/mol. The summed E-state index contributed by atoms with van der Waals surface area (Å²) >= 11 is 0. The largest absolute Gasteiger partial charge is 0.481 e. The van der Waals surface area contributed by atoms with Crippen LogP contribution in [-0.4, -0.2) is 42.8 Å². The van der Waals surface area contributed by atoms with Crippen LogP contribution in [0, 0.1) is 5.41 Å². The zero-order chi connectivity index (χ0) is 24.0. The third kappa shape index (κ3) is 5.80. The van der Waals surface area contributed by atoms with Gasteiger partial charge in [-0.05, 0) is 49.4 Å². The minimum atomic E-state index is -0.906. The van der Waals surface area contributed by atoms with Crippen molar-refractivity contribution in [2.45, 2.75) is 33.1 Å². The Morgan fingerprint density at radius 3 is 2.15 bits per heavy atom. The molecule has 0 radical (unpaired) electrons. The molecule has 7 nitrogen and oxygen atoms in total. The van der Waals surface area contributed by atoms with Gasteiger partial charge in [0.15, 0.2) is 0 Å². The number of hydrogen-bond acceptors (Lipinski definition) is 4. The zero-order valence-corrected chi connectivity index (χ0v) is 19.2. The number of nitrogens with one attached hydrogen (secondary N) is 2. The van der Waals surface area contributed by atoms with E-state index in [2.05, 4.69) is 34.9 Å². The number of hydrogen-bond donors (Lipinski definition) is 3. The number of fused-ring (bicyclic) bond motifs is 3. The fourth-order valence-corrected chi connectivity index (χ4v) is 3.76. The van der Waals surface area contributed by atoms with Crippen LogP contribution in [0.4, 0.5) is 4.79 Å². The van der Waals surface area contributed by atoms with Gasteiger partial charge in [-0.25, -0.2) is 4.79 Å². The van der Waals surface area contributed by atoms with Crippen LogP contribution >= 0.6 is 0 Å². The van der Waals surface area contributed by atoms with E-state index in [0.717, 1.165) is 11.1 Å². The number of carboxylic acids is 1. The lowest BCUT2D eigenvalue weighted by molar-refractivity contribution is -0.147. The highest BCUT2D eigenvalue weighted by atomic mass is 16.5. The van der Waals surface area contributed by atoms with Gasteiger partial charge in [-0.3, -0.25) is 9.59 Å². The minimum Gasteiger partial charge on any atom is -0.481 e. The average Bonchev–Trinajstić information content (AvgIpc) is 3.11. The Balaban J connectivity index is 1.46. The number of carbonyl (C=O) groups excluding carboxylic acids is 2. The maximum Gasteiger partial charge on any atom is 0.407 e. The molecule has 2 amide bonds. The first-order valence-electron chi connectivity index (χ1n) is 11.0. The van der Waals surface area contributed by atoms with E-state index in [1.54, 1.807) is 26.8 Å². The van der Waals surface area contributed by atoms with Gasteiger partial charge in [-0.1, -0.05) is 54.6 Å². The Kier molecular flexibility index (Phi) is 7.53. The Labute approximate surface area is 193 Å². The minimum absolute atomic E-state index is 0.0127. The van der Waals surface area contributed by atoms with E-state index in [0.29, 0.717) is 12.0 Å². The quantitative estimate of drug-likeness (QED) is 0.499. The van der Waals surface area contributed by atoms with Gasteiger partial charge in [-0.2, -0.15) is 0 Å². The summed E-state index contributed by atoms with van der Waals surface area (Å²) in [5, 5.41) is 14.5. The molecule has 0 aliphatic heterocycles. The lowest BCUT2D eigenvalue weighted by atomic mass is 9.90. The second-order valence-electron chi connectivity index (χ2n) is 8.79. The summed E-state index contributed by atoms with van der Waals surface area (Å²) in [5.74, 6) is -1.22. The number of amides is 2. The van der Waals surface area contributed by atoms with Gasteiger partial charge in [0, 0.05) is 24.6 Å². The van der Waals surface area contributed by atoms with Crippen molar-refractivity contribution in [2.24, 2.45) is 5.41 Å². The van der Waals surface area contributed by atoms with Gasteiger partial charge in [0.1, 0.15) is 6.61 Å². The molecule has 33 heavy (non-hydrogen) atoms. The van der Waals surface area contributed by atoms with Crippen LogP contribution < -0.4 is 10.6 Å². The molecule has 0 unspecified atom stereocenters. The van der Waals surface area contributed by atoms with E-state index in [1.165, 1.54) is 11.1 Å². The Bertz CT molecular complexity index is 1030. The molecule has 1 aliphatic rings. The average molecular weight is 451 g/mol. The summed E-state index contributed by atoms with van der Waals surface area (Å²) in [7, 11) is 0. The summed E-state index contributed by atoms with van der Waals surface area (Å²) in [5.41, 5.74) is 4.14. The molecular weight excluding hydrogens is 420 g/mol. The number of alkyl carbamates (subject to hydrolysis) is 1. The van der Waals surface area contributed by atoms with Crippen molar-refractivity contribution < 1.29 is 24.2 Å². The van der Waals surface area contributed by atoms with Crippen molar-refractivity contribution in [1.82, 2.24) is 10.6 Å². The molecule has 0 saturated carbocycles. The molecule has 7 heteroatoms. The molecule has 1 aliphatic carbocycles. The highest BCUT2D eigenvalue weighted by Crippen LogP contribution is 2.44. The van der Waals surface area contributed by atoms with Gasteiger partial charge < -0.3 is 20.5 Å². The first-order valence-corrected chi connectivity index (χ1v) is 11.0. The number of carboxylic acid groups (broad SMARTS) is 1. The molecule has 3 rings (SSSR count). The van der Waals surface area contributed by atoms with E-state index >= 15 is 0 Å². The topological polar surface area (TPSA) is 105 Å². The van der Waals surface area contributed by atoms with Gasteiger partial charge in [-0.15, -0.1) is 0 Å². The zero-order valence-electron chi connectivity index (χ0n) is 19.2. The molecular formula is C26H30N2O5. The monoisotopic (exact) mass is 450 g/mol. The van der Waals surface area contributed by atoms with Gasteiger partial charge >= 0.3 is 12.1 Å². The molecule has 0 spiro atoms. The van der Waals surface area contributed by atoms with Crippen molar-refractivity contribution in [1.29, 1.82) is 0 Å². The van der Waals surface area contributed by atoms with E-state index in [9.17, 15) is 14.4 Å². The number of ether oxygens (including phenoxy) is 1. The fraction of sp³-hybridized carbons (Fsp3) is 0.346. The van der Waals surface area contributed by atoms with Crippen LogP contribution in [0.1, 0.15) is 44.2 Å². The molecule has 0 saturated heterocycles. The normalized spacial score (nSPS) is 13.1. The second-order valence-corrected chi connectivity index (χ2v) is 8.79. The van der Waals surface area contributed by atoms with Gasteiger partial charge in [0.05, 0.1) is 5.41 Å². The molecule has 2 aromatic carbocycles. The predicted octanol–water partition coefficient (Wildman–Crippen LogP) is 4.09. The highest BCUT2D eigenvalue weighted by Gasteiger charge is 2.29. The first kappa shape index (κ1) is 24.0. The maximum absolute atomic E-state index is 12.2. The summed E-state index contributed by atoms with van der Waals surface area (Å²) in [6.45, 7) is 5.49. The Hall–Kier alpha value is -3.61. The Morgan fingerprint density at radius 2 is 1.58 bits per heavy atom. The smallest absolute Gasteiger partial charge is 0.407 e. The molecule has 0 heterocycles. The van der Waals surface area contributed by atoms with E-state index < -0.39 is 17.5 Å². The summed E-state index contributed by atoms with van der Waals surface area (Å²) in [4.78, 5) is 35.5. The van der Waals surface area contributed by atoms with Crippen LogP contribution in [0.3, 0.4) is 0 Å². The highest BCUT2D eigenvalue weighted by molar-refractivity contribution is 5.92.